The monoisotopic (exact) mass is 365 g/mol. The van der Waals surface area contributed by atoms with E-state index in [2.05, 4.69) is 0 Å². The summed E-state index contributed by atoms with van der Waals surface area (Å²) in [5.74, 6) is 0.0530. The van der Waals surface area contributed by atoms with Crippen molar-refractivity contribution in [2.45, 2.75) is 38.1 Å². The molecule has 2 heterocycles. The Morgan fingerprint density at radius 1 is 1.21 bits per heavy atom. The molecule has 0 N–H and O–H groups in total. The first-order valence-electron chi connectivity index (χ1n) is 8.20. The molecule has 0 aliphatic carbocycles. The van der Waals surface area contributed by atoms with Crippen molar-refractivity contribution in [2.24, 2.45) is 0 Å². The van der Waals surface area contributed by atoms with Gasteiger partial charge in [-0.25, -0.2) is 8.42 Å². The highest BCUT2D eigenvalue weighted by Crippen LogP contribution is 2.25. The third kappa shape index (κ3) is 4.45. The highest BCUT2D eigenvalue weighted by Gasteiger charge is 2.31. The number of hydrogen-bond donors (Lipinski definition) is 0. The van der Waals surface area contributed by atoms with Gasteiger partial charge >= 0.3 is 0 Å². The van der Waals surface area contributed by atoms with Crippen LogP contribution in [0.25, 0.3) is 0 Å². The number of thiophene rings is 1. The summed E-state index contributed by atoms with van der Waals surface area (Å²) in [6.07, 6.45) is 1.52. The highest BCUT2D eigenvalue weighted by molar-refractivity contribution is 7.88. The minimum absolute atomic E-state index is 0.0238. The fourth-order valence-corrected chi connectivity index (χ4v) is 5.63. The molecule has 0 spiro atoms. The van der Waals surface area contributed by atoms with E-state index in [0.29, 0.717) is 19.8 Å². The first kappa shape index (κ1) is 17.6. The molecule has 6 heteroatoms. The van der Waals surface area contributed by atoms with Crippen molar-refractivity contribution in [3.8, 4) is 0 Å². The molecule has 24 heavy (non-hydrogen) atoms. The van der Waals surface area contributed by atoms with E-state index in [4.69, 9.17) is 4.74 Å². The molecule has 130 valence electrons. The molecule has 3 rings (SSSR count). The van der Waals surface area contributed by atoms with Crippen LogP contribution in [0.3, 0.4) is 0 Å². The second-order valence-corrected chi connectivity index (χ2v) is 9.17. The van der Waals surface area contributed by atoms with Crippen molar-refractivity contribution in [3.63, 3.8) is 0 Å². The molecule has 1 aromatic carbocycles. The van der Waals surface area contributed by atoms with Gasteiger partial charge in [-0.15, -0.1) is 11.3 Å². The maximum atomic E-state index is 13.1. The SMILES string of the molecule is Cc1cccc(CS(=O)(=O)N(Cc2cccs2)C2CCOCC2)c1. The van der Waals surface area contributed by atoms with Gasteiger partial charge in [-0.2, -0.15) is 4.31 Å². The van der Waals surface area contributed by atoms with Gasteiger partial charge in [0.1, 0.15) is 0 Å². The molecule has 1 aliphatic heterocycles. The van der Waals surface area contributed by atoms with Crippen LogP contribution in [0, 0.1) is 6.92 Å². The predicted molar refractivity (Wildman–Crippen MR) is 97.5 cm³/mol. The maximum absolute atomic E-state index is 13.1. The van der Waals surface area contributed by atoms with Crippen LogP contribution in [0.1, 0.15) is 28.8 Å². The second kappa shape index (κ2) is 7.78. The van der Waals surface area contributed by atoms with E-state index in [1.54, 1.807) is 15.6 Å². The third-order valence-electron chi connectivity index (χ3n) is 4.28. The molecule has 0 saturated carbocycles. The Labute approximate surface area is 148 Å². The lowest BCUT2D eigenvalue weighted by Gasteiger charge is -2.33. The summed E-state index contributed by atoms with van der Waals surface area (Å²) in [6.45, 7) is 3.70. The number of hydrogen-bond acceptors (Lipinski definition) is 4. The van der Waals surface area contributed by atoms with E-state index in [0.717, 1.165) is 28.8 Å². The molecular weight excluding hydrogens is 342 g/mol. The average molecular weight is 366 g/mol. The van der Waals surface area contributed by atoms with Gasteiger partial charge < -0.3 is 4.74 Å². The Kier molecular flexibility index (Phi) is 5.71. The predicted octanol–water partition coefficient (Wildman–Crippen LogP) is 3.57. The molecule has 0 atom stereocenters. The normalized spacial score (nSPS) is 16.6. The van der Waals surface area contributed by atoms with Gasteiger partial charge in [0.2, 0.25) is 10.0 Å². The number of rotatable bonds is 6. The molecular formula is C18H23NO3S2. The van der Waals surface area contributed by atoms with Crippen LogP contribution in [0.5, 0.6) is 0 Å². The molecule has 1 fully saturated rings. The number of ether oxygens (including phenoxy) is 1. The van der Waals surface area contributed by atoms with E-state index >= 15 is 0 Å². The molecule has 0 radical (unpaired) electrons. The number of benzene rings is 1. The van der Waals surface area contributed by atoms with Crippen LogP contribution in [-0.2, 0) is 27.1 Å². The summed E-state index contributed by atoms with van der Waals surface area (Å²) < 4.78 is 33.4. The summed E-state index contributed by atoms with van der Waals surface area (Å²) in [4.78, 5) is 1.08. The molecule has 2 aromatic rings. The minimum Gasteiger partial charge on any atom is -0.381 e. The molecule has 1 saturated heterocycles. The van der Waals surface area contributed by atoms with Crippen LogP contribution in [0.2, 0.25) is 0 Å². The van der Waals surface area contributed by atoms with Gasteiger partial charge in [-0.1, -0.05) is 35.9 Å². The molecule has 4 nitrogen and oxygen atoms in total. The van der Waals surface area contributed by atoms with Crippen molar-refractivity contribution in [1.29, 1.82) is 0 Å². The minimum atomic E-state index is -3.38. The zero-order valence-electron chi connectivity index (χ0n) is 13.8. The van der Waals surface area contributed by atoms with Crippen LogP contribution < -0.4 is 0 Å². The van der Waals surface area contributed by atoms with E-state index in [1.165, 1.54) is 0 Å². The summed E-state index contributed by atoms with van der Waals surface area (Å²) in [7, 11) is -3.38. The van der Waals surface area contributed by atoms with Crippen LogP contribution in [0.4, 0.5) is 0 Å². The van der Waals surface area contributed by atoms with Gasteiger partial charge in [0.15, 0.2) is 0 Å². The number of nitrogens with zero attached hydrogens (tertiary/aromatic N) is 1. The molecule has 1 aromatic heterocycles. The van der Waals surface area contributed by atoms with Crippen molar-refractivity contribution in [3.05, 3.63) is 57.8 Å². The zero-order valence-corrected chi connectivity index (χ0v) is 15.5. The van der Waals surface area contributed by atoms with E-state index in [1.807, 2.05) is 48.7 Å². The standard InChI is InChI=1S/C18H23NO3S2/c1-15-4-2-5-16(12-15)14-24(20,21)19(13-18-6-3-11-23-18)17-7-9-22-10-8-17/h2-6,11-12,17H,7-10,13-14H2,1H3. The summed E-state index contributed by atoms with van der Waals surface area (Å²) in [5.41, 5.74) is 1.93. The summed E-state index contributed by atoms with van der Waals surface area (Å²) in [5, 5.41) is 1.99. The Hall–Kier alpha value is -1.21. The van der Waals surface area contributed by atoms with Gasteiger partial charge in [0, 0.05) is 30.7 Å². The Balaban J connectivity index is 1.84. The van der Waals surface area contributed by atoms with Gasteiger partial charge in [0.05, 0.1) is 5.75 Å². The Morgan fingerprint density at radius 3 is 2.67 bits per heavy atom. The van der Waals surface area contributed by atoms with Crippen molar-refractivity contribution < 1.29 is 13.2 Å². The quantitative estimate of drug-likeness (QED) is 0.786. The molecule has 0 bridgehead atoms. The van der Waals surface area contributed by atoms with Gasteiger partial charge in [-0.05, 0) is 36.8 Å². The molecule has 0 unspecified atom stereocenters. The second-order valence-electron chi connectivity index (χ2n) is 6.21. The summed E-state index contributed by atoms with van der Waals surface area (Å²) >= 11 is 1.60. The fraction of sp³-hybridized carbons (Fsp3) is 0.444. The topological polar surface area (TPSA) is 46.6 Å². The largest absolute Gasteiger partial charge is 0.381 e. The lowest BCUT2D eigenvalue weighted by atomic mass is 10.1. The highest BCUT2D eigenvalue weighted by atomic mass is 32.2. The van der Waals surface area contributed by atoms with E-state index < -0.39 is 10.0 Å². The van der Waals surface area contributed by atoms with Crippen LogP contribution in [-0.4, -0.2) is 32.0 Å². The molecule has 1 aliphatic rings. The smallest absolute Gasteiger partial charge is 0.218 e. The lowest BCUT2D eigenvalue weighted by Crippen LogP contribution is -2.43. The van der Waals surface area contributed by atoms with E-state index in [-0.39, 0.29) is 11.8 Å². The first-order chi connectivity index (χ1) is 11.5. The summed E-state index contributed by atoms with van der Waals surface area (Å²) in [6, 6.07) is 11.7. The average Bonchev–Trinajstić information content (AvgIpc) is 3.06. The number of aryl methyl sites for hydroxylation is 1. The van der Waals surface area contributed by atoms with Crippen molar-refractivity contribution in [2.75, 3.05) is 13.2 Å². The van der Waals surface area contributed by atoms with Crippen LogP contribution >= 0.6 is 11.3 Å². The van der Waals surface area contributed by atoms with Gasteiger partial charge in [-0.3, -0.25) is 0 Å². The first-order valence-corrected chi connectivity index (χ1v) is 10.7. The fourth-order valence-electron chi connectivity index (χ4n) is 3.08. The van der Waals surface area contributed by atoms with Gasteiger partial charge in [0.25, 0.3) is 0 Å². The van der Waals surface area contributed by atoms with Crippen molar-refractivity contribution >= 4 is 21.4 Å². The lowest BCUT2D eigenvalue weighted by molar-refractivity contribution is 0.0571. The maximum Gasteiger partial charge on any atom is 0.218 e. The van der Waals surface area contributed by atoms with Crippen molar-refractivity contribution in [1.82, 2.24) is 4.31 Å². The Morgan fingerprint density at radius 2 is 2.00 bits per heavy atom. The zero-order chi connectivity index (χ0) is 17.0. The third-order valence-corrected chi connectivity index (χ3v) is 6.98. The Bertz CT molecular complexity index is 750. The van der Waals surface area contributed by atoms with Crippen LogP contribution in [0.15, 0.2) is 41.8 Å². The number of sulfonamides is 1. The van der Waals surface area contributed by atoms with E-state index in [9.17, 15) is 8.42 Å². The molecule has 0 amide bonds.